The molecule has 13 heavy (non-hydrogen) atoms. The van der Waals surface area contributed by atoms with Crippen LogP contribution in [-0.4, -0.2) is 50.2 Å². The highest BCUT2D eigenvalue weighted by Gasteiger charge is 2.07. The first kappa shape index (κ1) is 14.1. The molecule has 0 spiro atoms. The minimum Gasteiger partial charge on any atom is -0.373 e. The van der Waals surface area contributed by atoms with E-state index in [9.17, 15) is 0 Å². The van der Waals surface area contributed by atoms with E-state index < -0.39 is 0 Å². The molecule has 0 heterocycles. The Labute approximate surface area is 79.3 Å². The van der Waals surface area contributed by atoms with E-state index in [-0.39, 0.29) is 0 Å². The highest BCUT2D eigenvalue weighted by Crippen LogP contribution is 1.75. The van der Waals surface area contributed by atoms with Gasteiger partial charge in [-0.1, -0.05) is 0 Å². The van der Waals surface area contributed by atoms with Crippen molar-refractivity contribution in [2.45, 2.75) is 6.92 Å². The molecule has 0 atom stereocenters. The lowest BCUT2D eigenvalue weighted by molar-refractivity contribution is -0.472. The third-order valence-electron chi connectivity index (χ3n) is 1.18. The molecule has 1 N–H and O–H groups in total. The Balaban J connectivity index is 0. The largest absolute Gasteiger partial charge is 0.373 e. The smallest absolute Gasteiger partial charge is 0.347 e. The van der Waals surface area contributed by atoms with Gasteiger partial charge in [0.05, 0.1) is 34.7 Å². The summed E-state index contributed by atoms with van der Waals surface area (Å²) in [6.07, 6.45) is 0. The van der Waals surface area contributed by atoms with Gasteiger partial charge in [-0.15, -0.1) is 0 Å². The van der Waals surface area contributed by atoms with Gasteiger partial charge < -0.3 is 11.1 Å². The van der Waals surface area contributed by atoms with Crippen molar-refractivity contribution in [1.29, 1.82) is 0 Å². The lowest BCUT2D eigenvalue weighted by Gasteiger charge is -2.11. The van der Waals surface area contributed by atoms with Crippen LogP contribution in [0.2, 0.25) is 0 Å². The second-order valence-corrected chi connectivity index (χ2v) is 2.73. The van der Waals surface area contributed by atoms with Crippen LogP contribution in [0, 0.1) is 0 Å². The third-order valence-corrected chi connectivity index (χ3v) is 1.18. The van der Waals surface area contributed by atoms with Crippen LogP contribution in [-0.2, 0) is 0 Å². The predicted molar refractivity (Wildman–Crippen MR) is 54.6 cm³/mol. The zero-order chi connectivity index (χ0) is 10.9. The molecule has 76 valence electrons. The van der Waals surface area contributed by atoms with E-state index in [4.69, 9.17) is 11.1 Å². The van der Waals surface area contributed by atoms with Crippen molar-refractivity contribution in [2.24, 2.45) is 0 Å². The average Bonchev–Trinajstić information content (AvgIpc) is 2.00. The summed E-state index contributed by atoms with van der Waals surface area (Å²) < 4.78 is 2.06. The quantitative estimate of drug-likeness (QED) is 0.163. The third kappa shape index (κ3) is 8.49. The van der Waals surface area contributed by atoms with Crippen LogP contribution in [0.15, 0.2) is 0 Å². The molecule has 0 aliphatic rings. The van der Waals surface area contributed by atoms with Crippen molar-refractivity contribution in [2.75, 3.05) is 34.7 Å². The van der Waals surface area contributed by atoms with Gasteiger partial charge in [0.2, 0.25) is 0 Å². The van der Waals surface area contributed by atoms with Gasteiger partial charge in [-0.25, -0.2) is 0 Å². The van der Waals surface area contributed by atoms with Gasteiger partial charge in [-0.2, -0.15) is 0 Å². The van der Waals surface area contributed by atoms with Gasteiger partial charge in [0.15, 0.2) is 0 Å². The summed E-state index contributed by atoms with van der Waals surface area (Å²) in [4.78, 5) is 3.56. The molecule has 6 nitrogen and oxygen atoms in total. The Morgan fingerprint density at radius 3 is 1.85 bits per heavy atom. The Morgan fingerprint density at radius 2 is 1.77 bits per heavy atom. The fourth-order valence-electron chi connectivity index (χ4n) is 0.874. The van der Waals surface area contributed by atoms with Crippen molar-refractivity contribution < 1.29 is 4.58 Å². The van der Waals surface area contributed by atoms with Gasteiger partial charge >= 0.3 is 5.96 Å². The molecular formula is C7H18N6. The van der Waals surface area contributed by atoms with Crippen molar-refractivity contribution in [3.05, 3.63) is 16.0 Å². The van der Waals surface area contributed by atoms with Gasteiger partial charge in [0.25, 0.3) is 0 Å². The maximum Gasteiger partial charge on any atom is 0.347 e. The van der Waals surface area contributed by atoms with Crippen LogP contribution >= 0.6 is 0 Å². The molecule has 0 aromatic carbocycles. The van der Waals surface area contributed by atoms with Gasteiger partial charge in [-0.3, -0.25) is 19.7 Å². The second kappa shape index (κ2) is 8.67. The Bertz CT molecular complexity index is 185. The first-order valence-electron chi connectivity index (χ1n) is 3.95. The number of nitrogens with one attached hydrogen (secondary N) is 1. The highest BCUT2D eigenvalue weighted by molar-refractivity contribution is 5.74. The molecule has 0 saturated carbocycles. The summed E-state index contributed by atoms with van der Waals surface area (Å²) >= 11 is 0. The molecule has 0 amide bonds. The van der Waals surface area contributed by atoms with E-state index >= 15 is 0 Å². The molecule has 0 aromatic heterocycles. The zero-order valence-electron chi connectivity index (χ0n) is 8.94. The molecular weight excluding hydrogens is 168 g/mol. The molecule has 0 radical (unpaired) electrons. The molecule has 0 aromatic rings. The van der Waals surface area contributed by atoms with Crippen LogP contribution in [0.5, 0.6) is 0 Å². The molecule has 0 aliphatic heterocycles. The van der Waals surface area contributed by atoms with Crippen LogP contribution in [0.3, 0.4) is 0 Å². The Kier molecular flexibility index (Phi) is 9.42. The Hall–Kier alpha value is -1.42. The van der Waals surface area contributed by atoms with E-state index in [1.807, 2.05) is 28.2 Å². The van der Waals surface area contributed by atoms with Crippen molar-refractivity contribution in [1.82, 2.24) is 10.2 Å². The van der Waals surface area contributed by atoms with Crippen molar-refractivity contribution in [3.8, 4) is 0 Å². The summed E-state index contributed by atoms with van der Waals surface area (Å²) in [7, 11) is 8.10. The van der Waals surface area contributed by atoms with Gasteiger partial charge in [0.1, 0.15) is 0 Å². The topological polar surface area (TPSA) is 77.0 Å². The number of hydrogen-bond acceptors (Lipinski definition) is 0. The summed E-state index contributed by atoms with van der Waals surface area (Å²) in [5.41, 5.74) is 13.5. The minimum absolute atomic E-state index is 0.964. The van der Waals surface area contributed by atoms with E-state index in [1.54, 1.807) is 0 Å². The summed E-state index contributed by atoms with van der Waals surface area (Å²) in [6.45, 7) is 3.05. The molecule has 0 unspecified atom stereocenters. The maximum atomic E-state index is 6.75. The van der Waals surface area contributed by atoms with Crippen LogP contribution in [0.1, 0.15) is 6.92 Å². The number of guanidine groups is 1. The van der Waals surface area contributed by atoms with Crippen molar-refractivity contribution >= 4 is 5.96 Å². The van der Waals surface area contributed by atoms with E-state index in [1.165, 1.54) is 4.91 Å². The highest BCUT2D eigenvalue weighted by atomic mass is 15.3. The summed E-state index contributed by atoms with van der Waals surface area (Å²) in [5, 5.41) is 3.25. The second-order valence-electron chi connectivity index (χ2n) is 2.73. The minimum atomic E-state index is 0.964. The number of nitrogens with zero attached hydrogens (tertiary/aromatic N) is 5. The van der Waals surface area contributed by atoms with Crippen LogP contribution in [0.4, 0.5) is 0 Å². The van der Waals surface area contributed by atoms with E-state index in [0.29, 0.717) is 0 Å². The summed E-state index contributed by atoms with van der Waals surface area (Å²) in [5.74, 6) is 1.14. The molecule has 0 rings (SSSR count). The monoisotopic (exact) mass is 186 g/mol. The molecule has 0 saturated heterocycles. The standard InChI is InChI=1S/C7H17N3.N3/c1-6-8-7(9(2)3)10(4)5;1-3-2/h6H2,1-5H3;/q;-1/p+1. The molecule has 6 heteroatoms. The first-order chi connectivity index (χ1) is 6.01. The van der Waals surface area contributed by atoms with E-state index in [2.05, 4.69) is 21.7 Å². The number of hydrogen-bond donors (Lipinski definition) is 1. The molecule has 0 bridgehead atoms. The molecule has 0 fully saturated rings. The lowest BCUT2D eigenvalue weighted by Crippen LogP contribution is -2.41. The predicted octanol–water partition coefficient (Wildman–Crippen LogP) is 0.652. The molecule has 0 aliphatic carbocycles. The zero-order valence-corrected chi connectivity index (χ0v) is 8.94. The lowest BCUT2D eigenvalue weighted by atomic mass is 10.7. The SMILES string of the molecule is CCNC(N(C)C)=[N+](C)C.[N-]=[N+]=[N-]. The average molecular weight is 186 g/mol. The fraction of sp³-hybridized carbons (Fsp3) is 0.857. The van der Waals surface area contributed by atoms with Crippen LogP contribution < -0.4 is 5.32 Å². The first-order valence-corrected chi connectivity index (χ1v) is 3.95. The van der Waals surface area contributed by atoms with Gasteiger partial charge in [-0.05, 0) is 6.92 Å². The summed E-state index contributed by atoms with van der Waals surface area (Å²) in [6, 6.07) is 0. The Morgan fingerprint density at radius 1 is 1.38 bits per heavy atom. The van der Waals surface area contributed by atoms with E-state index in [0.717, 1.165) is 12.5 Å². The maximum absolute atomic E-state index is 6.75. The van der Waals surface area contributed by atoms with Crippen molar-refractivity contribution in [3.63, 3.8) is 0 Å². The van der Waals surface area contributed by atoms with Gasteiger partial charge in [0, 0.05) is 0 Å². The van der Waals surface area contributed by atoms with Crippen LogP contribution in [0.25, 0.3) is 16.0 Å². The normalized spacial score (nSPS) is 7.46. The number of rotatable bonds is 1. The fourth-order valence-corrected chi connectivity index (χ4v) is 0.874.